The molecule has 1 aliphatic rings. The Balaban J connectivity index is 0.00000288. The average Bonchev–Trinajstić information content (AvgIpc) is 3.14. The van der Waals surface area contributed by atoms with Crippen molar-refractivity contribution in [3.63, 3.8) is 0 Å². The lowest BCUT2D eigenvalue weighted by Gasteiger charge is -2.21. The standard InChI is InChI=1S/C16H28N6O.HI/c1-5-8-17-16(18-10-15-20-19-13(3)21(15)4)22-9-7-14(11-22)12-23-6-2;/h5,14H,1,6-12H2,2-4H3,(H,17,18);1H. The maximum Gasteiger partial charge on any atom is 0.194 e. The van der Waals surface area contributed by atoms with Gasteiger partial charge in [0.1, 0.15) is 12.4 Å². The van der Waals surface area contributed by atoms with Crippen molar-refractivity contribution >= 4 is 29.9 Å². The molecule has 0 spiro atoms. The second-order valence-electron chi connectivity index (χ2n) is 5.79. The molecule has 0 bridgehead atoms. The molecule has 1 fully saturated rings. The summed E-state index contributed by atoms with van der Waals surface area (Å²) >= 11 is 0. The molecular weight excluding hydrogens is 419 g/mol. The molecule has 0 saturated carbocycles. The van der Waals surface area contributed by atoms with Crippen molar-refractivity contribution in [2.24, 2.45) is 18.0 Å². The molecule has 24 heavy (non-hydrogen) atoms. The molecule has 2 heterocycles. The van der Waals surface area contributed by atoms with Gasteiger partial charge in [-0.1, -0.05) is 6.08 Å². The molecule has 0 aromatic carbocycles. The number of rotatable bonds is 7. The predicted molar refractivity (Wildman–Crippen MR) is 107 cm³/mol. The van der Waals surface area contributed by atoms with Gasteiger partial charge in [0, 0.05) is 39.2 Å². The Labute approximate surface area is 161 Å². The molecule has 0 aliphatic carbocycles. The van der Waals surface area contributed by atoms with Crippen molar-refractivity contribution in [1.29, 1.82) is 0 Å². The van der Waals surface area contributed by atoms with E-state index in [-0.39, 0.29) is 24.0 Å². The summed E-state index contributed by atoms with van der Waals surface area (Å²) in [5.74, 6) is 3.24. The van der Waals surface area contributed by atoms with Crippen molar-refractivity contribution in [3.05, 3.63) is 24.3 Å². The zero-order chi connectivity index (χ0) is 16.7. The number of hydrogen-bond acceptors (Lipinski definition) is 4. The van der Waals surface area contributed by atoms with Gasteiger partial charge in [0.25, 0.3) is 0 Å². The van der Waals surface area contributed by atoms with E-state index in [0.29, 0.717) is 19.0 Å². The Hall–Kier alpha value is -1.16. The molecule has 0 radical (unpaired) electrons. The number of aromatic nitrogens is 3. The van der Waals surface area contributed by atoms with Gasteiger partial charge in [0.05, 0.1) is 6.61 Å². The zero-order valence-electron chi connectivity index (χ0n) is 14.9. The number of nitrogens with one attached hydrogen (secondary N) is 1. The maximum absolute atomic E-state index is 5.55. The van der Waals surface area contributed by atoms with Gasteiger partial charge in [0.2, 0.25) is 0 Å². The van der Waals surface area contributed by atoms with Crippen LogP contribution in [0.25, 0.3) is 0 Å². The molecule has 1 aromatic heterocycles. The lowest BCUT2D eigenvalue weighted by Crippen LogP contribution is -2.40. The molecule has 1 aliphatic heterocycles. The van der Waals surface area contributed by atoms with E-state index in [9.17, 15) is 0 Å². The van der Waals surface area contributed by atoms with E-state index in [1.54, 1.807) is 0 Å². The van der Waals surface area contributed by atoms with Gasteiger partial charge in [-0.2, -0.15) is 0 Å². The van der Waals surface area contributed by atoms with Gasteiger partial charge in [-0.3, -0.25) is 0 Å². The number of aryl methyl sites for hydroxylation is 1. The van der Waals surface area contributed by atoms with E-state index in [2.05, 4.69) is 27.0 Å². The van der Waals surface area contributed by atoms with E-state index in [4.69, 9.17) is 9.73 Å². The fraction of sp³-hybridized carbons (Fsp3) is 0.688. The first-order valence-corrected chi connectivity index (χ1v) is 8.22. The second-order valence-corrected chi connectivity index (χ2v) is 5.79. The smallest absolute Gasteiger partial charge is 0.194 e. The summed E-state index contributed by atoms with van der Waals surface area (Å²) in [6, 6.07) is 0. The van der Waals surface area contributed by atoms with Crippen molar-refractivity contribution < 1.29 is 4.74 Å². The first-order valence-electron chi connectivity index (χ1n) is 8.22. The van der Waals surface area contributed by atoms with Crippen LogP contribution in [0.5, 0.6) is 0 Å². The average molecular weight is 448 g/mol. The lowest BCUT2D eigenvalue weighted by atomic mass is 10.1. The minimum atomic E-state index is 0. The van der Waals surface area contributed by atoms with Crippen molar-refractivity contribution in [2.45, 2.75) is 26.8 Å². The highest BCUT2D eigenvalue weighted by molar-refractivity contribution is 14.0. The SMILES string of the molecule is C=CCNC(=NCc1nnc(C)n1C)N1CCC(COCC)C1.I. The number of nitrogens with zero attached hydrogens (tertiary/aromatic N) is 5. The summed E-state index contributed by atoms with van der Waals surface area (Å²) in [6.07, 6.45) is 2.98. The topological polar surface area (TPSA) is 67.6 Å². The summed E-state index contributed by atoms with van der Waals surface area (Å²) in [5, 5.41) is 11.6. The Bertz CT molecular complexity index is 545. The summed E-state index contributed by atoms with van der Waals surface area (Å²) in [7, 11) is 1.96. The monoisotopic (exact) mass is 448 g/mol. The highest BCUT2D eigenvalue weighted by Gasteiger charge is 2.25. The Morgan fingerprint density at radius 2 is 2.29 bits per heavy atom. The lowest BCUT2D eigenvalue weighted by molar-refractivity contribution is 0.114. The minimum Gasteiger partial charge on any atom is -0.381 e. The number of likely N-dealkylation sites (tertiary alicyclic amines) is 1. The van der Waals surface area contributed by atoms with Crippen LogP contribution in [0.1, 0.15) is 25.0 Å². The Kier molecular flexibility index (Phi) is 9.27. The van der Waals surface area contributed by atoms with Crippen LogP contribution < -0.4 is 5.32 Å². The predicted octanol–water partition coefficient (Wildman–Crippen LogP) is 1.73. The van der Waals surface area contributed by atoms with Crippen LogP contribution >= 0.6 is 24.0 Å². The third-order valence-electron chi connectivity index (χ3n) is 4.10. The van der Waals surface area contributed by atoms with Crippen molar-refractivity contribution in [3.8, 4) is 0 Å². The molecule has 1 N–H and O–H groups in total. The van der Waals surface area contributed by atoms with Crippen LogP contribution in [-0.4, -0.2) is 58.5 Å². The van der Waals surface area contributed by atoms with Gasteiger partial charge in [-0.25, -0.2) is 4.99 Å². The summed E-state index contributed by atoms with van der Waals surface area (Å²) in [6.45, 7) is 12.5. The highest BCUT2D eigenvalue weighted by atomic mass is 127. The van der Waals surface area contributed by atoms with Crippen LogP contribution in [-0.2, 0) is 18.3 Å². The van der Waals surface area contributed by atoms with Gasteiger partial charge < -0.3 is 19.5 Å². The number of hydrogen-bond donors (Lipinski definition) is 1. The van der Waals surface area contributed by atoms with E-state index in [1.807, 2.05) is 31.5 Å². The third-order valence-corrected chi connectivity index (χ3v) is 4.10. The number of ether oxygens (including phenoxy) is 1. The first-order chi connectivity index (χ1) is 11.2. The van der Waals surface area contributed by atoms with Crippen LogP contribution in [0.2, 0.25) is 0 Å². The largest absolute Gasteiger partial charge is 0.381 e. The van der Waals surface area contributed by atoms with E-state index >= 15 is 0 Å². The molecule has 136 valence electrons. The maximum atomic E-state index is 5.55. The third kappa shape index (κ3) is 5.73. The number of halogens is 1. The second kappa shape index (κ2) is 10.7. The van der Waals surface area contributed by atoms with Crippen molar-refractivity contribution in [2.75, 3.05) is 32.8 Å². The molecule has 1 unspecified atom stereocenters. The van der Waals surface area contributed by atoms with Crippen LogP contribution in [0, 0.1) is 12.8 Å². The molecule has 1 aromatic rings. The zero-order valence-corrected chi connectivity index (χ0v) is 17.2. The van der Waals surface area contributed by atoms with Crippen LogP contribution in [0.4, 0.5) is 0 Å². The van der Waals surface area contributed by atoms with E-state index in [1.165, 1.54) is 0 Å². The molecule has 2 rings (SSSR count). The molecule has 1 atom stereocenters. The van der Waals surface area contributed by atoms with Crippen LogP contribution in [0.3, 0.4) is 0 Å². The number of guanidine groups is 1. The van der Waals surface area contributed by atoms with E-state index in [0.717, 1.165) is 50.3 Å². The fourth-order valence-electron chi connectivity index (χ4n) is 2.61. The Morgan fingerprint density at radius 1 is 1.50 bits per heavy atom. The van der Waals surface area contributed by atoms with E-state index < -0.39 is 0 Å². The molecule has 8 heteroatoms. The van der Waals surface area contributed by atoms with Gasteiger partial charge in [0.15, 0.2) is 11.8 Å². The van der Waals surface area contributed by atoms with Gasteiger partial charge >= 0.3 is 0 Å². The molecule has 1 saturated heterocycles. The molecular formula is C16H29IN6O. The Morgan fingerprint density at radius 3 is 2.92 bits per heavy atom. The molecule has 0 amide bonds. The summed E-state index contributed by atoms with van der Waals surface area (Å²) in [5.41, 5.74) is 0. The number of aliphatic imine (C=N–C) groups is 1. The first kappa shape index (κ1) is 20.9. The van der Waals surface area contributed by atoms with Crippen LogP contribution in [0.15, 0.2) is 17.6 Å². The highest BCUT2D eigenvalue weighted by Crippen LogP contribution is 2.17. The van der Waals surface area contributed by atoms with Crippen molar-refractivity contribution in [1.82, 2.24) is 25.0 Å². The summed E-state index contributed by atoms with van der Waals surface area (Å²) < 4.78 is 7.52. The normalized spacial score (nSPS) is 17.7. The minimum absolute atomic E-state index is 0. The fourth-order valence-corrected chi connectivity index (χ4v) is 2.61. The summed E-state index contributed by atoms with van der Waals surface area (Å²) in [4.78, 5) is 7.01. The molecule has 7 nitrogen and oxygen atoms in total. The van der Waals surface area contributed by atoms with Gasteiger partial charge in [-0.05, 0) is 20.3 Å². The quantitative estimate of drug-likeness (QED) is 0.298. The van der Waals surface area contributed by atoms with Gasteiger partial charge in [-0.15, -0.1) is 40.8 Å².